The van der Waals surface area contributed by atoms with E-state index in [4.69, 9.17) is 0 Å². The normalized spacial score (nSPS) is 22.5. The van der Waals surface area contributed by atoms with Gasteiger partial charge in [0.1, 0.15) is 0 Å². The maximum absolute atomic E-state index is 12.7. The molecule has 0 unspecified atom stereocenters. The SMILES string of the molecule is O=C(Cc1ccc(-c2ccccc2)cc1)N1CC[C@]2(CCCNC2=O)C1. The molecule has 0 radical (unpaired) electrons. The van der Waals surface area contributed by atoms with Gasteiger partial charge in [0.15, 0.2) is 0 Å². The molecule has 26 heavy (non-hydrogen) atoms. The minimum Gasteiger partial charge on any atom is -0.356 e. The van der Waals surface area contributed by atoms with Crippen LogP contribution in [0.1, 0.15) is 24.8 Å². The van der Waals surface area contributed by atoms with Crippen molar-refractivity contribution >= 4 is 11.8 Å². The van der Waals surface area contributed by atoms with E-state index in [-0.39, 0.29) is 17.2 Å². The molecule has 2 aromatic rings. The molecule has 2 saturated heterocycles. The van der Waals surface area contributed by atoms with Crippen molar-refractivity contribution in [3.8, 4) is 11.1 Å². The highest BCUT2D eigenvalue weighted by atomic mass is 16.2. The van der Waals surface area contributed by atoms with Crippen LogP contribution in [0, 0.1) is 5.41 Å². The number of piperidine rings is 1. The molecule has 4 heteroatoms. The summed E-state index contributed by atoms with van der Waals surface area (Å²) in [4.78, 5) is 26.8. The van der Waals surface area contributed by atoms with Crippen LogP contribution in [-0.2, 0) is 16.0 Å². The topological polar surface area (TPSA) is 49.4 Å². The van der Waals surface area contributed by atoms with Crippen molar-refractivity contribution in [2.75, 3.05) is 19.6 Å². The molecule has 2 heterocycles. The average Bonchev–Trinajstić information content (AvgIpc) is 3.11. The Balaban J connectivity index is 1.40. The molecule has 2 aliphatic heterocycles. The molecule has 0 bridgehead atoms. The molecule has 0 aliphatic carbocycles. The minimum atomic E-state index is -0.342. The molecule has 2 aromatic carbocycles. The quantitative estimate of drug-likeness (QED) is 0.927. The zero-order chi connectivity index (χ0) is 18.0. The van der Waals surface area contributed by atoms with Gasteiger partial charge < -0.3 is 10.2 Å². The van der Waals surface area contributed by atoms with Crippen molar-refractivity contribution in [1.29, 1.82) is 0 Å². The lowest BCUT2D eigenvalue weighted by Crippen LogP contribution is -2.48. The molecule has 2 fully saturated rings. The highest BCUT2D eigenvalue weighted by Crippen LogP contribution is 2.37. The lowest BCUT2D eigenvalue weighted by Gasteiger charge is -2.32. The zero-order valence-corrected chi connectivity index (χ0v) is 14.9. The third-order valence-corrected chi connectivity index (χ3v) is 5.72. The van der Waals surface area contributed by atoms with Crippen LogP contribution in [0.5, 0.6) is 0 Å². The summed E-state index contributed by atoms with van der Waals surface area (Å²) < 4.78 is 0. The molecule has 1 N–H and O–H groups in total. The van der Waals surface area contributed by atoms with Crippen LogP contribution in [-0.4, -0.2) is 36.3 Å². The summed E-state index contributed by atoms with van der Waals surface area (Å²) in [6.45, 7) is 2.02. The van der Waals surface area contributed by atoms with Gasteiger partial charge in [-0.3, -0.25) is 9.59 Å². The first kappa shape index (κ1) is 16.8. The first-order chi connectivity index (χ1) is 12.7. The van der Waals surface area contributed by atoms with E-state index in [0.717, 1.165) is 36.9 Å². The van der Waals surface area contributed by atoms with Gasteiger partial charge in [-0.2, -0.15) is 0 Å². The van der Waals surface area contributed by atoms with Crippen molar-refractivity contribution in [3.63, 3.8) is 0 Å². The lowest BCUT2D eigenvalue weighted by atomic mass is 9.79. The smallest absolute Gasteiger partial charge is 0.228 e. The van der Waals surface area contributed by atoms with Crippen LogP contribution < -0.4 is 5.32 Å². The second-order valence-corrected chi connectivity index (χ2v) is 7.44. The van der Waals surface area contributed by atoms with Gasteiger partial charge in [0.25, 0.3) is 0 Å². The standard InChI is InChI=1S/C22H24N2O2/c25-20(24-14-12-22(16-24)11-4-13-23-21(22)26)15-17-7-9-19(10-8-17)18-5-2-1-3-6-18/h1-3,5-10H,4,11-16H2,(H,23,26)/t22-/m1/s1. The number of hydrogen-bond donors (Lipinski definition) is 1. The van der Waals surface area contributed by atoms with E-state index < -0.39 is 0 Å². The number of rotatable bonds is 3. The monoisotopic (exact) mass is 348 g/mol. The molecule has 4 nitrogen and oxygen atoms in total. The van der Waals surface area contributed by atoms with Gasteiger partial charge in [-0.15, -0.1) is 0 Å². The van der Waals surface area contributed by atoms with Crippen molar-refractivity contribution in [2.45, 2.75) is 25.7 Å². The molecular weight excluding hydrogens is 324 g/mol. The van der Waals surface area contributed by atoms with E-state index in [0.29, 0.717) is 19.5 Å². The van der Waals surface area contributed by atoms with Crippen molar-refractivity contribution < 1.29 is 9.59 Å². The average molecular weight is 348 g/mol. The largest absolute Gasteiger partial charge is 0.356 e. The van der Waals surface area contributed by atoms with Crippen LogP contribution in [0.3, 0.4) is 0 Å². The van der Waals surface area contributed by atoms with Crippen LogP contribution in [0.4, 0.5) is 0 Å². The van der Waals surface area contributed by atoms with Crippen LogP contribution in [0.15, 0.2) is 54.6 Å². The number of nitrogens with zero attached hydrogens (tertiary/aromatic N) is 1. The number of likely N-dealkylation sites (tertiary alicyclic amines) is 1. The Morgan fingerprint density at radius 1 is 1.00 bits per heavy atom. The van der Waals surface area contributed by atoms with E-state index in [2.05, 4.69) is 29.6 Å². The maximum Gasteiger partial charge on any atom is 0.228 e. The molecule has 2 amide bonds. The van der Waals surface area contributed by atoms with E-state index in [1.54, 1.807) is 0 Å². The van der Waals surface area contributed by atoms with E-state index in [1.807, 2.05) is 35.2 Å². The van der Waals surface area contributed by atoms with Gasteiger partial charge in [-0.25, -0.2) is 0 Å². The Bertz CT molecular complexity index is 801. The number of benzene rings is 2. The molecular formula is C22H24N2O2. The maximum atomic E-state index is 12.7. The second-order valence-electron chi connectivity index (χ2n) is 7.44. The summed E-state index contributed by atoms with van der Waals surface area (Å²) in [5, 5.41) is 2.97. The fraction of sp³-hybridized carbons (Fsp3) is 0.364. The van der Waals surface area contributed by atoms with Gasteiger partial charge in [0.2, 0.25) is 11.8 Å². The number of amides is 2. The van der Waals surface area contributed by atoms with Gasteiger partial charge in [0.05, 0.1) is 11.8 Å². The lowest BCUT2D eigenvalue weighted by molar-refractivity contribution is -0.134. The van der Waals surface area contributed by atoms with Crippen LogP contribution in [0.25, 0.3) is 11.1 Å². The van der Waals surface area contributed by atoms with Crippen molar-refractivity contribution in [1.82, 2.24) is 10.2 Å². The number of nitrogens with one attached hydrogen (secondary N) is 1. The second kappa shape index (κ2) is 6.94. The molecule has 1 atom stereocenters. The summed E-state index contributed by atoms with van der Waals surface area (Å²) in [7, 11) is 0. The Morgan fingerprint density at radius 3 is 2.46 bits per heavy atom. The summed E-state index contributed by atoms with van der Waals surface area (Å²) in [5.41, 5.74) is 3.00. The molecule has 134 valence electrons. The Morgan fingerprint density at radius 2 is 1.73 bits per heavy atom. The Hall–Kier alpha value is -2.62. The fourth-order valence-corrected chi connectivity index (χ4v) is 4.14. The Labute approximate surface area is 154 Å². The zero-order valence-electron chi connectivity index (χ0n) is 14.9. The first-order valence-corrected chi connectivity index (χ1v) is 9.37. The predicted octanol–water partition coefficient (Wildman–Crippen LogP) is 3.02. The summed E-state index contributed by atoms with van der Waals surface area (Å²) in [5.74, 6) is 0.249. The van der Waals surface area contributed by atoms with Gasteiger partial charge in [-0.05, 0) is 36.0 Å². The third-order valence-electron chi connectivity index (χ3n) is 5.72. The van der Waals surface area contributed by atoms with E-state index in [9.17, 15) is 9.59 Å². The number of carbonyl (C=O) groups is 2. The molecule has 4 rings (SSSR count). The highest BCUT2D eigenvalue weighted by molar-refractivity contribution is 5.86. The highest BCUT2D eigenvalue weighted by Gasteiger charge is 2.46. The molecule has 0 aromatic heterocycles. The third kappa shape index (κ3) is 3.24. The summed E-state index contributed by atoms with van der Waals surface area (Å²) in [6, 6.07) is 18.4. The molecule has 0 saturated carbocycles. The number of hydrogen-bond acceptors (Lipinski definition) is 2. The molecule has 2 aliphatic rings. The summed E-state index contributed by atoms with van der Waals surface area (Å²) >= 11 is 0. The van der Waals surface area contributed by atoms with E-state index >= 15 is 0 Å². The number of carbonyl (C=O) groups excluding carboxylic acids is 2. The minimum absolute atomic E-state index is 0.118. The van der Waals surface area contributed by atoms with E-state index in [1.165, 1.54) is 5.56 Å². The van der Waals surface area contributed by atoms with Crippen LogP contribution in [0.2, 0.25) is 0 Å². The van der Waals surface area contributed by atoms with Gasteiger partial charge in [0, 0.05) is 19.6 Å². The predicted molar refractivity (Wildman–Crippen MR) is 101 cm³/mol. The summed E-state index contributed by atoms with van der Waals surface area (Å²) in [6.07, 6.45) is 3.09. The van der Waals surface area contributed by atoms with Crippen molar-refractivity contribution in [2.24, 2.45) is 5.41 Å². The van der Waals surface area contributed by atoms with Gasteiger partial charge in [-0.1, -0.05) is 54.6 Å². The fourth-order valence-electron chi connectivity index (χ4n) is 4.14. The van der Waals surface area contributed by atoms with Crippen molar-refractivity contribution in [3.05, 3.63) is 60.2 Å². The Kier molecular flexibility index (Phi) is 4.49. The van der Waals surface area contributed by atoms with Crippen LogP contribution >= 0.6 is 0 Å². The first-order valence-electron chi connectivity index (χ1n) is 9.37. The van der Waals surface area contributed by atoms with Gasteiger partial charge >= 0.3 is 0 Å². The molecule has 1 spiro atoms.